The highest BCUT2D eigenvalue weighted by atomic mass is 35.5. The van der Waals surface area contributed by atoms with E-state index < -0.39 is 0 Å². The molecule has 0 amide bonds. The van der Waals surface area contributed by atoms with E-state index >= 15 is 0 Å². The lowest BCUT2D eigenvalue weighted by Gasteiger charge is -2.35. The number of halogens is 2. The summed E-state index contributed by atoms with van der Waals surface area (Å²) in [6.07, 6.45) is 0.947. The highest BCUT2D eigenvalue weighted by Crippen LogP contribution is 2.34. The molecule has 2 heterocycles. The van der Waals surface area contributed by atoms with Crippen molar-refractivity contribution in [3.63, 3.8) is 0 Å². The molecule has 0 spiro atoms. The van der Waals surface area contributed by atoms with E-state index in [0.29, 0.717) is 22.4 Å². The Morgan fingerprint density at radius 2 is 1.67 bits per heavy atom. The first kappa shape index (κ1) is 18.2. The molecule has 0 unspecified atom stereocenters. The van der Waals surface area contributed by atoms with Gasteiger partial charge in [-0.25, -0.2) is 9.97 Å². The van der Waals surface area contributed by atoms with E-state index in [2.05, 4.69) is 9.80 Å². The summed E-state index contributed by atoms with van der Waals surface area (Å²) in [5.41, 5.74) is 1.58. The SMILES string of the molecule is O=CCN1CCN(c2nc(-c3ccccc3Cl)nc3cccc(Cl)c23)CC1. The minimum absolute atomic E-state index is 0.462. The van der Waals surface area contributed by atoms with E-state index in [1.54, 1.807) is 0 Å². The lowest BCUT2D eigenvalue weighted by molar-refractivity contribution is -0.108. The second-order valence-electron chi connectivity index (χ2n) is 6.44. The van der Waals surface area contributed by atoms with Gasteiger partial charge in [0, 0.05) is 31.7 Å². The van der Waals surface area contributed by atoms with Crippen LogP contribution >= 0.6 is 23.2 Å². The molecular weight excluding hydrogens is 383 g/mol. The zero-order valence-corrected chi connectivity index (χ0v) is 16.1. The summed E-state index contributed by atoms with van der Waals surface area (Å²) in [5, 5.41) is 2.09. The molecule has 7 heteroatoms. The van der Waals surface area contributed by atoms with Crippen molar-refractivity contribution in [1.82, 2.24) is 14.9 Å². The summed E-state index contributed by atoms with van der Waals surface area (Å²) in [7, 11) is 0. The van der Waals surface area contributed by atoms with Crippen LogP contribution < -0.4 is 4.90 Å². The number of benzene rings is 2. The van der Waals surface area contributed by atoms with E-state index in [4.69, 9.17) is 33.2 Å². The Bertz CT molecular complexity index is 987. The highest BCUT2D eigenvalue weighted by Gasteiger charge is 2.22. The Kier molecular flexibility index (Phi) is 5.25. The van der Waals surface area contributed by atoms with Gasteiger partial charge in [-0.3, -0.25) is 4.90 Å². The van der Waals surface area contributed by atoms with Gasteiger partial charge in [-0.05, 0) is 24.3 Å². The molecule has 0 radical (unpaired) electrons. The maximum absolute atomic E-state index is 10.8. The van der Waals surface area contributed by atoms with Gasteiger partial charge in [-0.15, -0.1) is 0 Å². The number of piperazine rings is 1. The fraction of sp³-hybridized carbons (Fsp3) is 0.250. The number of anilines is 1. The third-order valence-corrected chi connectivity index (χ3v) is 5.42. The van der Waals surface area contributed by atoms with Crippen molar-refractivity contribution in [3.8, 4) is 11.4 Å². The fourth-order valence-corrected chi connectivity index (χ4v) is 3.84. The lowest BCUT2D eigenvalue weighted by Crippen LogP contribution is -2.47. The molecule has 0 saturated carbocycles. The van der Waals surface area contributed by atoms with Crippen molar-refractivity contribution in [2.24, 2.45) is 0 Å². The summed E-state index contributed by atoms with van der Waals surface area (Å²) >= 11 is 12.9. The first-order valence-electron chi connectivity index (χ1n) is 8.79. The molecule has 1 saturated heterocycles. The van der Waals surface area contributed by atoms with Crippen LogP contribution in [-0.4, -0.2) is 53.9 Å². The van der Waals surface area contributed by atoms with E-state index in [1.807, 2.05) is 42.5 Å². The van der Waals surface area contributed by atoms with Crippen molar-refractivity contribution in [2.45, 2.75) is 0 Å². The van der Waals surface area contributed by atoms with Gasteiger partial charge < -0.3 is 9.69 Å². The molecule has 5 nitrogen and oxygen atoms in total. The van der Waals surface area contributed by atoms with Gasteiger partial charge in [0.25, 0.3) is 0 Å². The van der Waals surface area contributed by atoms with Crippen LogP contribution in [0.15, 0.2) is 42.5 Å². The fourth-order valence-electron chi connectivity index (χ4n) is 3.36. The monoisotopic (exact) mass is 400 g/mol. The van der Waals surface area contributed by atoms with E-state index in [9.17, 15) is 4.79 Å². The summed E-state index contributed by atoms with van der Waals surface area (Å²) in [4.78, 5) is 24.7. The summed E-state index contributed by atoms with van der Waals surface area (Å²) in [6.45, 7) is 3.61. The van der Waals surface area contributed by atoms with Gasteiger partial charge in [0.05, 0.1) is 27.5 Å². The first-order valence-corrected chi connectivity index (χ1v) is 9.55. The third kappa shape index (κ3) is 3.63. The molecule has 138 valence electrons. The van der Waals surface area contributed by atoms with Crippen LogP contribution in [0, 0.1) is 0 Å². The number of nitrogens with zero attached hydrogens (tertiary/aromatic N) is 4. The molecule has 0 bridgehead atoms. The maximum atomic E-state index is 10.8. The normalized spacial score (nSPS) is 15.3. The Morgan fingerprint density at radius 3 is 2.41 bits per heavy atom. The van der Waals surface area contributed by atoms with Gasteiger partial charge in [0.15, 0.2) is 5.82 Å². The molecule has 1 aliphatic heterocycles. The molecule has 3 aromatic rings. The molecule has 0 atom stereocenters. The van der Waals surface area contributed by atoms with Crippen LogP contribution in [-0.2, 0) is 4.79 Å². The summed E-state index contributed by atoms with van der Waals surface area (Å²) in [5.74, 6) is 1.40. The van der Waals surface area contributed by atoms with Gasteiger partial charge >= 0.3 is 0 Å². The van der Waals surface area contributed by atoms with Crippen LogP contribution in [0.2, 0.25) is 10.0 Å². The quantitative estimate of drug-likeness (QED) is 0.621. The van der Waals surface area contributed by atoms with E-state index in [-0.39, 0.29) is 0 Å². The van der Waals surface area contributed by atoms with Gasteiger partial charge in [-0.2, -0.15) is 0 Å². The number of fused-ring (bicyclic) bond motifs is 1. The van der Waals surface area contributed by atoms with Crippen molar-refractivity contribution >= 4 is 46.2 Å². The first-order chi connectivity index (χ1) is 13.2. The average Bonchev–Trinajstić information content (AvgIpc) is 2.69. The highest BCUT2D eigenvalue weighted by molar-refractivity contribution is 6.36. The molecule has 1 aliphatic rings. The average molecular weight is 401 g/mol. The smallest absolute Gasteiger partial charge is 0.163 e. The Morgan fingerprint density at radius 1 is 0.926 bits per heavy atom. The second-order valence-corrected chi connectivity index (χ2v) is 7.25. The largest absolute Gasteiger partial charge is 0.353 e. The molecule has 2 aromatic carbocycles. The van der Waals surface area contributed by atoms with Crippen molar-refractivity contribution < 1.29 is 4.79 Å². The summed E-state index contributed by atoms with van der Waals surface area (Å²) < 4.78 is 0. The second kappa shape index (κ2) is 7.80. The molecule has 4 rings (SSSR count). The lowest BCUT2D eigenvalue weighted by atomic mass is 10.1. The van der Waals surface area contributed by atoms with Crippen molar-refractivity contribution in [1.29, 1.82) is 0 Å². The number of hydrogen-bond donors (Lipinski definition) is 0. The molecule has 1 aromatic heterocycles. The number of carbonyl (C=O) groups excluding carboxylic acids is 1. The third-order valence-electron chi connectivity index (χ3n) is 4.77. The van der Waals surface area contributed by atoms with Gasteiger partial charge in [0.1, 0.15) is 12.1 Å². The zero-order chi connectivity index (χ0) is 18.8. The molecule has 1 fully saturated rings. The molecule has 0 N–H and O–H groups in total. The van der Waals surface area contributed by atoms with Crippen LogP contribution in [0.5, 0.6) is 0 Å². The number of aldehydes is 1. The predicted octanol–water partition coefficient (Wildman–Crippen LogP) is 3.92. The van der Waals surface area contributed by atoms with Crippen LogP contribution in [0.4, 0.5) is 5.82 Å². The van der Waals surface area contributed by atoms with Gasteiger partial charge in [-0.1, -0.05) is 41.4 Å². The predicted molar refractivity (Wildman–Crippen MR) is 110 cm³/mol. The Labute approximate surface area is 167 Å². The minimum Gasteiger partial charge on any atom is -0.353 e. The maximum Gasteiger partial charge on any atom is 0.163 e. The van der Waals surface area contributed by atoms with Crippen molar-refractivity contribution in [2.75, 3.05) is 37.6 Å². The van der Waals surface area contributed by atoms with E-state index in [1.165, 1.54) is 0 Å². The molecular formula is C20H18Cl2N4O. The topological polar surface area (TPSA) is 49.3 Å². The number of carbonyl (C=O) groups is 1. The Balaban J connectivity index is 1.81. The number of rotatable bonds is 4. The zero-order valence-electron chi connectivity index (χ0n) is 14.6. The van der Waals surface area contributed by atoms with Crippen LogP contribution in [0.3, 0.4) is 0 Å². The van der Waals surface area contributed by atoms with E-state index in [0.717, 1.165) is 54.7 Å². The number of aromatic nitrogens is 2. The molecule has 27 heavy (non-hydrogen) atoms. The van der Waals surface area contributed by atoms with Crippen molar-refractivity contribution in [3.05, 3.63) is 52.5 Å². The standard InChI is InChI=1S/C20H18Cl2N4O/c21-15-5-2-1-4-14(15)19-23-17-7-3-6-16(22)18(17)20(24-19)26-10-8-25(9-11-26)12-13-27/h1-7,13H,8-12H2. The van der Waals surface area contributed by atoms with Crippen LogP contribution in [0.1, 0.15) is 0 Å². The molecule has 0 aliphatic carbocycles. The summed E-state index contributed by atoms with van der Waals surface area (Å²) in [6, 6.07) is 13.2. The van der Waals surface area contributed by atoms with Gasteiger partial charge in [0.2, 0.25) is 0 Å². The van der Waals surface area contributed by atoms with Crippen LogP contribution in [0.25, 0.3) is 22.3 Å². The minimum atomic E-state index is 0.462. The number of hydrogen-bond acceptors (Lipinski definition) is 5. The Hall–Kier alpha value is -2.21.